The van der Waals surface area contributed by atoms with Crippen molar-refractivity contribution in [3.05, 3.63) is 36.4 Å². The molecule has 1 N–H and O–H groups in total. The molecule has 0 aliphatic carbocycles. The van der Waals surface area contributed by atoms with Crippen LogP contribution in [0.25, 0.3) is 5.57 Å². The molecule has 0 unspecified atom stereocenters. The van der Waals surface area contributed by atoms with Gasteiger partial charge in [0.25, 0.3) is 0 Å². The van der Waals surface area contributed by atoms with Gasteiger partial charge in [0, 0.05) is 0 Å². The van der Waals surface area contributed by atoms with Crippen LogP contribution in [0, 0.1) is 0 Å². The summed E-state index contributed by atoms with van der Waals surface area (Å²) in [5, 5.41) is 8.46. The number of ether oxygens (including phenoxy) is 1. The van der Waals surface area contributed by atoms with Gasteiger partial charge < -0.3 is 9.84 Å². The van der Waals surface area contributed by atoms with Crippen molar-refractivity contribution in [2.24, 2.45) is 0 Å². The van der Waals surface area contributed by atoms with Gasteiger partial charge in [-0.05, 0) is 24.6 Å². The van der Waals surface area contributed by atoms with Crippen molar-refractivity contribution in [2.75, 3.05) is 6.79 Å². The maximum absolute atomic E-state index is 8.46. The first-order chi connectivity index (χ1) is 5.74. The molecule has 0 aliphatic rings. The van der Waals surface area contributed by atoms with E-state index in [0.29, 0.717) is 5.75 Å². The first-order valence-electron chi connectivity index (χ1n) is 3.73. The fraction of sp³-hybridized carbons (Fsp3) is 0.200. The summed E-state index contributed by atoms with van der Waals surface area (Å²) in [5.41, 5.74) is 2.10. The maximum Gasteiger partial charge on any atom is 0.186 e. The Kier molecular flexibility index (Phi) is 2.88. The van der Waals surface area contributed by atoms with Crippen molar-refractivity contribution >= 4 is 5.57 Å². The van der Waals surface area contributed by atoms with Crippen LogP contribution in [-0.4, -0.2) is 11.9 Å². The molecule has 1 aromatic rings. The lowest BCUT2D eigenvalue weighted by atomic mass is 10.1. The largest absolute Gasteiger partial charge is 0.468 e. The number of rotatable bonds is 3. The van der Waals surface area contributed by atoms with Gasteiger partial charge in [0.2, 0.25) is 0 Å². The summed E-state index contributed by atoms with van der Waals surface area (Å²) < 4.78 is 4.87. The third kappa shape index (κ3) is 2.10. The molecule has 1 rings (SSSR count). The molecule has 0 atom stereocenters. The zero-order valence-corrected chi connectivity index (χ0v) is 7.08. The number of allylic oxidation sites excluding steroid dienone is 1. The highest BCUT2D eigenvalue weighted by molar-refractivity contribution is 5.61. The summed E-state index contributed by atoms with van der Waals surface area (Å²) in [4.78, 5) is 0. The Bertz CT molecular complexity index is 262. The van der Waals surface area contributed by atoms with E-state index >= 15 is 0 Å². The zero-order chi connectivity index (χ0) is 8.97. The van der Waals surface area contributed by atoms with E-state index in [4.69, 9.17) is 9.84 Å². The standard InChI is InChI=1S/C10H12O2/c1-8(2)9-3-5-10(6-4-9)12-7-11/h3-6,11H,1,7H2,2H3. The van der Waals surface area contributed by atoms with E-state index in [1.807, 2.05) is 19.1 Å². The monoisotopic (exact) mass is 164 g/mol. The molecule has 0 aliphatic heterocycles. The van der Waals surface area contributed by atoms with Crippen LogP contribution in [0.1, 0.15) is 12.5 Å². The van der Waals surface area contributed by atoms with E-state index in [1.54, 1.807) is 12.1 Å². The highest BCUT2D eigenvalue weighted by atomic mass is 16.6. The van der Waals surface area contributed by atoms with Crippen LogP contribution in [-0.2, 0) is 0 Å². The van der Waals surface area contributed by atoms with Gasteiger partial charge in [0.1, 0.15) is 5.75 Å². The third-order valence-corrected chi connectivity index (χ3v) is 1.58. The van der Waals surface area contributed by atoms with E-state index < -0.39 is 0 Å². The summed E-state index contributed by atoms with van der Waals surface area (Å²) in [6.07, 6.45) is 0. The highest BCUT2D eigenvalue weighted by Gasteiger charge is 1.94. The van der Waals surface area contributed by atoms with Crippen molar-refractivity contribution in [1.29, 1.82) is 0 Å². The van der Waals surface area contributed by atoms with Crippen molar-refractivity contribution in [3.8, 4) is 5.75 Å². The number of aliphatic hydroxyl groups excluding tert-OH is 1. The highest BCUT2D eigenvalue weighted by Crippen LogP contribution is 2.16. The van der Waals surface area contributed by atoms with Crippen LogP contribution in [0.2, 0.25) is 0 Å². The van der Waals surface area contributed by atoms with E-state index in [0.717, 1.165) is 11.1 Å². The van der Waals surface area contributed by atoms with Gasteiger partial charge in [-0.25, -0.2) is 0 Å². The van der Waals surface area contributed by atoms with E-state index in [1.165, 1.54) is 0 Å². The predicted octanol–water partition coefficient (Wildman–Crippen LogP) is 2.05. The van der Waals surface area contributed by atoms with Crippen LogP contribution in [0.4, 0.5) is 0 Å². The van der Waals surface area contributed by atoms with Crippen molar-refractivity contribution < 1.29 is 9.84 Å². The second-order valence-corrected chi connectivity index (χ2v) is 2.58. The summed E-state index contributed by atoms with van der Waals surface area (Å²) in [5.74, 6) is 0.669. The molecule has 1 aromatic carbocycles. The molecular formula is C10H12O2. The topological polar surface area (TPSA) is 29.5 Å². The fourth-order valence-electron chi connectivity index (χ4n) is 0.910. The lowest BCUT2D eigenvalue weighted by Gasteiger charge is -2.03. The second kappa shape index (κ2) is 3.93. The Morgan fingerprint density at radius 3 is 2.42 bits per heavy atom. The lowest BCUT2D eigenvalue weighted by Crippen LogP contribution is -1.93. The van der Waals surface area contributed by atoms with Gasteiger partial charge in [-0.15, -0.1) is 0 Å². The lowest BCUT2D eigenvalue weighted by molar-refractivity contribution is 0.0985. The quantitative estimate of drug-likeness (QED) is 0.693. The minimum absolute atomic E-state index is 0.285. The molecule has 0 heterocycles. The average Bonchev–Trinajstić information content (AvgIpc) is 2.06. The van der Waals surface area contributed by atoms with Gasteiger partial charge in [-0.2, -0.15) is 0 Å². The zero-order valence-electron chi connectivity index (χ0n) is 7.08. The molecule has 2 nitrogen and oxygen atoms in total. The Balaban J connectivity index is 2.78. The molecule has 12 heavy (non-hydrogen) atoms. The van der Waals surface area contributed by atoms with Gasteiger partial charge in [-0.3, -0.25) is 0 Å². The smallest absolute Gasteiger partial charge is 0.186 e. The van der Waals surface area contributed by atoms with E-state index in [2.05, 4.69) is 6.58 Å². The molecule has 2 heteroatoms. The molecule has 0 saturated heterocycles. The van der Waals surface area contributed by atoms with Crippen LogP contribution in [0.5, 0.6) is 5.75 Å². The van der Waals surface area contributed by atoms with Gasteiger partial charge in [0.05, 0.1) is 0 Å². The Morgan fingerprint density at radius 2 is 2.00 bits per heavy atom. The van der Waals surface area contributed by atoms with Crippen LogP contribution < -0.4 is 4.74 Å². The molecule has 0 aromatic heterocycles. The maximum atomic E-state index is 8.46. The molecule has 0 amide bonds. The average molecular weight is 164 g/mol. The van der Waals surface area contributed by atoms with Crippen molar-refractivity contribution in [1.82, 2.24) is 0 Å². The minimum Gasteiger partial charge on any atom is -0.468 e. The number of hydrogen-bond acceptors (Lipinski definition) is 2. The van der Waals surface area contributed by atoms with Gasteiger partial charge in [-0.1, -0.05) is 24.3 Å². The molecule has 0 spiro atoms. The number of aliphatic hydroxyl groups is 1. The van der Waals surface area contributed by atoms with Gasteiger partial charge in [0.15, 0.2) is 6.79 Å². The molecule has 0 saturated carbocycles. The number of hydrogen-bond donors (Lipinski definition) is 1. The third-order valence-electron chi connectivity index (χ3n) is 1.58. The Morgan fingerprint density at radius 1 is 1.42 bits per heavy atom. The molecule has 0 radical (unpaired) electrons. The fourth-order valence-corrected chi connectivity index (χ4v) is 0.910. The number of benzene rings is 1. The van der Waals surface area contributed by atoms with Crippen molar-refractivity contribution in [2.45, 2.75) is 6.92 Å². The minimum atomic E-state index is -0.285. The normalized spacial score (nSPS) is 9.50. The molecule has 0 fully saturated rings. The summed E-state index contributed by atoms with van der Waals surface area (Å²) in [6.45, 7) is 5.47. The first kappa shape index (κ1) is 8.81. The second-order valence-electron chi connectivity index (χ2n) is 2.58. The van der Waals surface area contributed by atoms with E-state index in [9.17, 15) is 0 Å². The van der Waals surface area contributed by atoms with Crippen LogP contribution in [0.3, 0.4) is 0 Å². The van der Waals surface area contributed by atoms with Crippen LogP contribution >= 0.6 is 0 Å². The van der Waals surface area contributed by atoms with Gasteiger partial charge >= 0.3 is 0 Å². The predicted molar refractivity (Wildman–Crippen MR) is 48.9 cm³/mol. The van der Waals surface area contributed by atoms with Crippen LogP contribution in [0.15, 0.2) is 30.8 Å². The Hall–Kier alpha value is -1.28. The molecule has 64 valence electrons. The SMILES string of the molecule is C=C(C)c1ccc(OCO)cc1. The van der Waals surface area contributed by atoms with Crippen molar-refractivity contribution in [3.63, 3.8) is 0 Å². The summed E-state index contributed by atoms with van der Waals surface area (Å²) >= 11 is 0. The molecule has 0 bridgehead atoms. The van der Waals surface area contributed by atoms with E-state index in [-0.39, 0.29) is 6.79 Å². The first-order valence-corrected chi connectivity index (χ1v) is 3.73. The Labute approximate surface area is 72.1 Å². The summed E-state index contributed by atoms with van der Waals surface area (Å²) in [7, 11) is 0. The molecular weight excluding hydrogens is 152 g/mol. The summed E-state index contributed by atoms with van der Waals surface area (Å²) in [6, 6.07) is 7.43.